The van der Waals surface area contributed by atoms with Gasteiger partial charge in [0, 0.05) is 11.6 Å². The molecule has 0 radical (unpaired) electrons. The van der Waals surface area contributed by atoms with Crippen LogP contribution in [0.25, 0.3) is 17.2 Å². The van der Waals surface area contributed by atoms with E-state index in [-0.39, 0.29) is 17.8 Å². The number of nitrogens with one attached hydrogen (secondary N) is 1. The smallest absolute Gasteiger partial charge is 0.311 e. The van der Waals surface area contributed by atoms with Crippen LogP contribution in [0.5, 0.6) is 0 Å². The van der Waals surface area contributed by atoms with Gasteiger partial charge in [0.15, 0.2) is 5.82 Å². The lowest BCUT2D eigenvalue weighted by Gasteiger charge is -2.00. The van der Waals surface area contributed by atoms with Crippen molar-refractivity contribution in [2.75, 3.05) is 6.61 Å². The molecule has 0 amide bonds. The molecule has 0 aliphatic heterocycles. The van der Waals surface area contributed by atoms with Gasteiger partial charge in [-0.05, 0) is 6.92 Å². The lowest BCUT2D eigenvalue weighted by Crippen LogP contribution is -2.18. The van der Waals surface area contributed by atoms with Gasteiger partial charge in [-0.25, -0.2) is 4.98 Å². The first-order valence-electron chi connectivity index (χ1n) is 6.87. The molecule has 0 saturated heterocycles. The number of aromatic nitrogens is 4. The second-order valence-electron chi connectivity index (χ2n) is 4.64. The van der Waals surface area contributed by atoms with Crippen molar-refractivity contribution >= 4 is 11.7 Å². The fraction of sp³-hybridized carbons (Fsp3) is 0.200. The van der Waals surface area contributed by atoms with Crippen LogP contribution in [0.15, 0.2) is 41.2 Å². The number of carbonyl (C=O) groups is 1. The molecule has 0 aliphatic rings. The maximum Gasteiger partial charge on any atom is 0.311 e. The monoisotopic (exact) mass is 298 g/mol. The number of fused-ring (bicyclic) bond motifs is 1. The van der Waals surface area contributed by atoms with Gasteiger partial charge in [-0.15, -0.1) is 0 Å². The Morgan fingerprint density at radius 2 is 2.05 bits per heavy atom. The number of nitrogens with zero attached hydrogens (tertiary/aromatic N) is 3. The average Bonchev–Trinajstić information content (AvgIpc) is 2.93. The van der Waals surface area contributed by atoms with E-state index in [2.05, 4.69) is 15.1 Å². The van der Waals surface area contributed by atoms with Gasteiger partial charge >= 0.3 is 5.97 Å². The molecule has 7 heteroatoms. The molecule has 7 nitrogen and oxygen atoms in total. The molecule has 1 aromatic carbocycles. The second-order valence-corrected chi connectivity index (χ2v) is 4.64. The molecule has 3 aromatic rings. The van der Waals surface area contributed by atoms with E-state index in [1.165, 1.54) is 10.6 Å². The minimum absolute atomic E-state index is 0.0485. The number of hydrogen-bond donors (Lipinski definition) is 1. The van der Waals surface area contributed by atoms with E-state index in [1.807, 2.05) is 30.3 Å². The Balaban J connectivity index is 2.00. The van der Waals surface area contributed by atoms with E-state index >= 15 is 0 Å². The summed E-state index contributed by atoms with van der Waals surface area (Å²) in [5.41, 5.74) is 0.868. The Labute approximate surface area is 125 Å². The summed E-state index contributed by atoms with van der Waals surface area (Å²) < 4.78 is 6.10. The SMILES string of the molecule is CCOC(=O)Cc1cc(=O)n2[nH]c(-c3ccccc3)nc2n1. The Kier molecular flexibility index (Phi) is 3.69. The summed E-state index contributed by atoms with van der Waals surface area (Å²) in [5.74, 6) is 0.349. The summed E-state index contributed by atoms with van der Waals surface area (Å²) in [6, 6.07) is 10.7. The van der Waals surface area contributed by atoms with Crippen LogP contribution in [0, 0.1) is 0 Å². The van der Waals surface area contributed by atoms with Gasteiger partial charge in [-0.1, -0.05) is 30.3 Å². The molecule has 0 saturated carbocycles. The summed E-state index contributed by atoms with van der Waals surface area (Å²) in [6.07, 6.45) is -0.0485. The number of carbonyl (C=O) groups excluding carboxylic acids is 1. The van der Waals surface area contributed by atoms with E-state index in [0.717, 1.165) is 5.56 Å². The van der Waals surface area contributed by atoms with Crippen molar-refractivity contribution in [2.24, 2.45) is 0 Å². The molecule has 0 spiro atoms. The van der Waals surface area contributed by atoms with E-state index < -0.39 is 5.97 Å². The molecule has 2 aromatic heterocycles. The van der Waals surface area contributed by atoms with Crippen LogP contribution in [0.4, 0.5) is 0 Å². The molecule has 22 heavy (non-hydrogen) atoms. The normalized spacial score (nSPS) is 10.8. The van der Waals surface area contributed by atoms with Crippen molar-refractivity contribution in [3.05, 3.63) is 52.4 Å². The standard InChI is InChI=1S/C15H14N4O3/c1-2-22-13(21)9-11-8-12(20)19-15(16-11)17-14(18-19)10-6-4-3-5-7-10/h3-8H,2,9H2,1H3,(H,16,17,18). The predicted octanol–water partition coefficient (Wildman–Crippen LogP) is 1.19. The lowest BCUT2D eigenvalue weighted by molar-refractivity contribution is -0.142. The van der Waals surface area contributed by atoms with Crippen LogP contribution in [0.1, 0.15) is 12.6 Å². The summed E-state index contributed by atoms with van der Waals surface area (Å²) >= 11 is 0. The van der Waals surface area contributed by atoms with Gasteiger partial charge in [0.2, 0.25) is 0 Å². The van der Waals surface area contributed by atoms with Crippen LogP contribution >= 0.6 is 0 Å². The van der Waals surface area contributed by atoms with Crippen molar-refractivity contribution in [1.82, 2.24) is 19.6 Å². The molecule has 3 rings (SSSR count). The molecule has 1 N–H and O–H groups in total. The fourth-order valence-corrected chi connectivity index (χ4v) is 2.10. The van der Waals surface area contributed by atoms with Crippen molar-refractivity contribution in [2.45, 2.75) is 13.3 Å². The highest BCUT2D eigenvalue weighted by Crippen LogP contribution is 2.14. The molecule has 0 aliphatic carbocycles. The van der Waals surface area contributed by atoms with Gasteiger partial charge < -0.3 is 4.74 Å². The Morgan fingerprint density at radius 3 is 2.77 bits per heavy atom. The third kappa shape index (κ3) is 2.73. The average molecular weight is 298 g/mol. The molecule has 0 fully saturated rings. The molecule has 2 heterocycles. The third-order valence-corrected chi connectivity index (χ3v) is 3.06. The van der Waals surface area contributed by atoms with E-state index in [1.54, 1.807) is 6.92 Å². The highest BCUT2D eigenvalue weighted by Gasteiger charge is 2.12. The topological polar surface area (TPSA) is 89.4 Å². The van der Waals surface area contributed by atoms with Gasteiger partial charge in [0.05, 0.1) is 18.7 Å². The molecule has 0 unspecified atom stereocenters. The van der Waals surface area contributed by atoms with Crippen LogP contribution in [0.2, 0.25) is 0 Å². The van der Waals surface area contributed by atoms with E-state index in [9.17, 15) is 9.59 Å². The van der Waals surface area contributed by atoms with Gasteiger partial charge in [-0.2, -0.15) is 9.50 Å². The highest BCUT2D eigenvalue weighted by molar-refractivity contribution is 5.72. The van der Waals surface area contributed by atoms with Crippen LogP contribution < -0.4 is 5.56 Å². The summed E-state index contributed by atoms with van der Waals surface area (Å²) in [7, 11) is 0. The minimum Gasteiger partial charge on any atom is -0.466 e. The molecular formula is C15H14N4O3. The number of ether oxygens (including phenoxy) is 1. The first kappa shape index (κ1) is 14.0. The quantitative estimate of drug-likeness (QED) is 0.731. The Morgan fingerprint density at radius 1 is 1.27 bits per heavy atom. The van der Waals surface area contributed by atoms with Crippen LogP contribution in [-0.4, -0.2) is 32.2 Å². The molecule has 0 atom stereocenters. The van der Waals surface area contributed by atoms with Crippen molar-refractivity contribution < 1.29 is 9.53 Å². The fourth-order valence-electron chi connectivity index (χ4n) is 2.10. The molecule has 0 bridgehead atoms. The summed E-state index contributed by atoms with van der Waals surface area (Å²) in [4.78, 5) is 32.1. The second kappa shape index (κ2) is 5.80. The zero-order chi connectivity index (χ0) is 15.5. The van der Waals surface area contributed by atoms with Gasteiger partial charge in [-0.3, -0.25) is 14.7 Å². The largest absolute Gasteiger partial charge is 0.466 e. The molecular weight excluding hydrogens is 284 g/mol. The van der Waals surface area contributed by atoms with E-state index in [0.29, 0.717) is 18.1 Å². The Hall–Kier alpha value is -2.96. The number of benzene rings is 1. The Bertz CT molecular complexity index is 867. The number of aromatic amines is 1. The zero-order valence-electron chi connectivity index (χ0n) is 11.9. The third-order valence-electron chi connectivity index (χ3n) is 3.06. The maximum atomic E-state index is 12.1. The lowest BCUT2D eigenvalue weighted by atomic mass is 10.2. The summed E-state index contributed by atoms with van der Waals surface area (Å²) in [6.45, 7) is 2.02. The van der Waals surface area contributed by atoms with Gasteiger partial charge in [0.1, 0.15) is 0 Å². The first-order chi connectivity index (χ1) is 10.7. The van der Waals surface area contributed by atoms with E-state index in [4.69, 9.17) is 4.74 Å². The number of H-pyrrole nitrogens is 1. The maximum absolute atomic E-state index is 12.1. The number of rotatable bonds is 4. The number of esters is 1. The van der Waals surface area contributed by atoms with Crippen molar-refractivity contribution in [3.63, 3.8) is 0 Å². The minimum atomic E-state index is -0.419. The molecule has 112 valence electrons. The van der Waals surface area contributed by atoms with Crippen LogP contribution in [-0.2, 0) is 16.0 Å². The summed E-state index contributed by atoms with van der Waals surface area (Å²) in [5, 5.41) is 2.90. The first-order valence-corrected chi connectivity index (χ1v) is 6.87. The van der Waals surface area contributed by atoms with Crippen molar-refractivity contribution in [1.29, 1.82) is 0 Å². The number of hydrogen-bond acceptors (Lipinski definition) is 5. The van der Waals surface area contributed by atoms with Crippen LogP contribution in [0.3, 0.4) is 0 Å². The van der Waals surface area contributed by atoms with Crippen molar-refractivity contribution in [3.8, 4) is 11.4 Å². The zero-order valence-corrected chi connectivity index (χ0v) is 11.9. The van der Waals surface area contributed by atoms with Gasteiger partial charge in [0.25, 0.3) is 11.3 Å². The predicted molar refractivity (Wildman–Crippen MR) is 79.4 cm³/mol. The highest BCUT2D eigenvalue weighted by atomic mass is 16.5.